The summed E-state index contributed by atoms with van der Waals surface area (Å²) in [5.74, 6) is 0.250. The van der Waals surface area contributed by atoms with Crippen molar-refractivity contribution in [1.29, 1.82) is 0 Å². The standard InChI is InChI=1S/C18H15F4N5O/c19-12-3-5-13(6-4-12)28-15-7-9-25-17(27-15)26-11-10-24-16-14(18(20,21)22)2-1-8-23-16/h1-9H,10-11H2,(H,23,24)(H,25,26,27). The van der Waals surface area contributed by atoms with Gasteiger partial charge in [0.05, 0.1) is 5.56 Å². The van der Waals surface area contributed by atoms with Crippen LogP contribution in [0.5, 0.6) is 11.6 Å². The lowest BCUT2D eigenvalue weighted by atomic mass is 10.2. The molecule has 0 bridgehead atoms. The van der Waals surface area contributed by atoms with E-state index in [1.54, 1.807) is 0 Å². The molecule has 0 saturated heterocycles. The van der Waals surface area contributed by atoms with Crippen molar-refractivity contribution >= 4 is 11.8 Å². The van der Waals surface area contributed by atoms with Gasteiger partial charge in [0.2, 0.25) is 11.8 Å². The molecule has 28 heavy (non-hydrogen) atoms. The Labute approximate surface area is 157 Å². The van der Waals surface area contributed by atoms with Gasteiger partial charge in [-0.15, -0.1) is 0 Å². The SMILES string of the molecule is Fc1ccc(Oc2ccnc(NCCNc3ncccc3C(F)(F)F)n2)cc1. The van der Waals surface area contributed by atoms with Crippen molar-refractivity contribution in [3.8, 4) is 11.6 Å². The molecule has 0 amide bonds. The van der Waals surface area contributed by atoms with Gasteiger partial charge in [-0.05, 0) is 36.4 Å². The van der Waals surface area contributed by atoms with Crippen LogP contribution in [-0.4, -0.2) is 28.0 Å². The van der Waals surface area contributed by atoms with Crippen molar-refractivity contribution in [2.24, 2.45) is 0 Å². The summed E-state index contributed by atoms with van der Waals surface area (Å²) in [7, 11) is 0. The van der Waals surface area contributed by atoms with E-state index in [2.05, 4.69) is 25.6 Å². The first kappa shape index (κ1) is 19.3. The first-order valence-corrected chi connectivity index (χ1v) is 8.18. The van der Waals surface area contributed by atoms with Crippen LogP contribution in [0.3, 0.4) is 0 Å². The normalized spacial score (nSPS) is 11.1. The molecule has 10 heteroatoms. The first-order chi connectivity index (χ1) is 13.4. The molecule has 0 fully saturated rings. The third kappa shape index (κ3) is 5.29. The summed E-state index contributed by atoms with van der Waals surface area (Å²) < 4.78 is 57.2. The molecule has 0 aliphatic heterocycles. The molecule has 0 aliphatic carbocycles. The number of alkyl halides is 3. The van der Waals surface area contributed by atoms with Gasteiger partial charge in [-0.3, -0.25) is 0 Å². The summed E-state index contributed by atoms with van der Waals surface area (Å²) in [6.07, 6.45) is -1.74. The molecule has 0 saturated carbocycles. The zero-order chi connectivity index (χ0) is 20.0. The molecule has 3 rings (SSSR count). The molecule has 0 aliphatic rings. The number of aromatic nitrogens is 3. The molecule has 2 aromatic heterocycles. The second-order valence-corrected chi connectivity index (χ2v) is 5.53. The maximum absolute atomic E-state index is 12.9. The average molecular weight is 393 g/mol. The third-order valence-corrected chi connectivity index (χ3v) is 3.48. The van der Waals surface area contributed by atoms with Gasteiger partial charge in [-0.25, -0.2) is 14.4 Å². The van der Waals surface area contributed by atoms with Crippen LogP contribution in [0.4, 0.5) is 29.3 Å². The van der Waals surface area contributed by atoms with Crippen molar-refractivity contribution in [3.05, 3.63) is 66.2 Å². The zero-order valence-corrected chi connectivity index (χ0v) is 14.4. The molecule has 1 aromatic carbocycles. The minimum absolute atomic E-state index is 0.159. The zero-order valence-electron chi connectivity index (χ0n) is 14.4. The fourth-order valence-corrected chi connectivity index (χ4v) is 2.24. The number of halogens is 4. The molecule has 0 unspecified atom stereocenters. The smallest absolute Gasteiger partial charge is 0.419 e. The van der Waals surface area contributed by atoms with Crippen LogP contribution < -0.4 is 15.4 Å². The van der Waals surface area contributed by atoms with Crippen molar-refractivity contribution in [2.45, 2.75) is 6.18 Å². The largest absolute Gasteiger partial charge is 0.439 e. The summed E-state index contributed by atoms with van der Waals surface area (Å²) in [6, 6.07) is 9.15. The van der Waals surface area contributed by atoms with E-state index >= 15 is 0 Å². The molecule has 2 heterocycles. The number of hydrogen-bond acceptors (Lipinski definition) is 6. The quantitative estimate of drug-likeness (QED) is 0.460. The Morgan fingerprint density at radius 2 is 1.64 bits per heavy atom. The summed E-state index contributed by atoms with van der Waals surface area (Å²) in [6.45, 7) is 0.403. The van der Waals surface area contributed by atoms with E-state index in [0.29, 0.717) is 5.75 Å². The number of ether oxygens (including phenoxy) is 1. The Morgan fingerprint density at radius 1 is 0.893 bits per heavy atom. The van der Waals surface area contributed by atoms with Gasteiger partial charge in [-0.1, -0.05) is 0 Å². The van der Waals surface area contributed by atoms with Gasteiger partial charge in [0, 0.05) is 31.5 Å². The highest BCUT2D eigenvalue weighted by Crippen LogP contribution is 2.33. The summed E-state index contributed by atoms with van der Waals surface area (Å²) in [4.78, 5) is 11.9. The summed E-state index contributed by atoms with van der Waals surface area (Å²) in [5, 5.41) is 5.51. The molecular weight excluding hydrogens is 378 g/mol. The maximum atomic E-state index is 12.9. The maximum Gasteiger partial charge on any atom is 0.419 e. The molecule has 0 atom stereocenters. The van der Waals surface area contributed by atoms with E-state index < -0.39 is 11.7 Å². The van der Waals surface area contributed by atoms with Gasteiger partial charge in [0.25, 0.3) is 0 Å². The predicted molar refractivity (Wildman–Crippen MR) is 94.7 cm³/mol. The van der Waals surface area contributed by atoms with Gasteiger partial charge >= 0.3 is 6.18 Å². The van der Waals surface area contributed by atoms with Crippen LogP contribution in [0.2, 0.25) is 0 Å². The number of nitrogens with one attached hydrogen (secondary N) is 2. The highest BCUT2D eigenvalue weighted by Gasteiger charge is 2.33. The fourth-order valence-electron chi connectivity index (χ4n) is 2.24. The number of pyridine rings is 1. The minimum atomic E-state index is -4.49. The number of anilines is 2. The molecule has 3 aromatic rings. The van der Waals surface area contributed by atoms with Gasteiger partial charge < -0.3 is 15.4 Å². The van der Waals surface area contributed by atoms with Crippen molar-refractivity contribution in [3.63, 3.8) is 0 Å². The monoisotopic (exact) mass is 393 g/mol. The Hall–Kier alpha value is -3.43. The van der Waals surface area contributed by atoms with Gasteiger partial charge in [0.1, 0.15) is 17.4 Å². The van der Waals surface area contributed by atoms with Crippen LogP contribution in [0, 0.1) is 5.82 Å². The highest BCUT2D eigenvalue weighted by molar-refractivity contribution is 5.45. The Morgan fingerprint density at radius 3 is 2.39 bits per heavy atom. The molecule has 0 radical (unpaired) electrons. The molecular formula is C18H15F4N5O. The van der Waals surface area contributed by atoms with Crippen LogP contribution in [-0.2, 0) is 6.18 Å². The van der Waals surface area contributed by atoms with Crippen molar-refractivity contribution in [2.75, 3.05) is 23.7 Å². The lowest BCUT2D eigenvalue weighted by molar-refractivity contribution is -0.137. The van der Waals surface area contributed by atoms with E-state index in [1.165, 1.54) is 48.8 Å². The van der Waals surface area contributed by atoms with Gasteiger partial charge in [0.15, 0.2) is 0 Å². The third-order valence-electron chi connectivity index (χ3n) is 3.48. The van der Waals surface area contributed by atoms with E-state index in [-0.39, 0.29) is 36.6 Å². The summed E-state index contributed by atoms with van der Waals surface area (Å²) >= 11 is 0. The van der Waals surface area contributed by atoms with Crippen LogP contribution in [0.25, 0.3) is 0 Å². The number of rotatable bonds is 7. The summed E-state index contributed by atoms with van der Waals surface area (Å²) in [5.41, 5.74) is -0.832. The number of nitrogens with zero attached hydrogens (tertiary/aromatic N) is 3. The fraction of sp³-hybridized carbons (Fsp3) is 0.167. The minimum Gasteiger partial charge on any atom is -0.439 e. The van der Waals surface area contributed by atoms with Gasteiger partial charge in [-0.2, -0.15) is 18.2 Å². The first-order valence-electron chi connectivity index (χ1n) is 8.18. The van der Waals surface area contributed by atoms with Crippen LogP contribution in [0.1, 0.15) is 5.56 Å². The average Bonchev–Trinajstić information content (AvgIpc) is 2.67. The molecule has 146 valence electrons. The van der Waals surface area contributed by atoms with E-state index in [1.807, 2.05) is 0 Å². The van der Waals surface area contributed by atoms with E-state index in [4.69, 9.17) is 4.74 Å². The lowest BCUT2D eigenvalue weighted by Crippen LogP contribution is -2.18. The van der Waals surface area contributed by atoms with Crippen LogP contribution >= 0.6 is 0 Å². The topological polar surface area (TPSA) is 72.0 Å². The Balaban J connectivity index is 1.54. The predicted octanol–water partition coefficient (Wildman–Crippen LogP) is 4.35. The van der Waals surface area contributed by atoms with Crippen LogP contribution in [0.15, 0.2) is 54.9 Å². The lowest BCUT2D eigenvalue weighted by Gasteiger charge is -2.13. The Bertz CT molecular complexity index is 918. The highest BCUT2D eigenvalue weighted by atomic mass is 19.4. The van der Waals surface area contributed by atoms with E-state index in [0.717, 1.165) is 6.07 Å². The van der Waals surface area contributed by atoms with E-state index in [9.17, 15) is 17.6 Å². The molecule has 6 nitrogen and oxygen atoms in total. The molecule has 0 spiro atoms. The second kappa shape index (κ2) is 8.51. The molecule has 2 N–H and O–H groups in total. The second-order valence-electron chi connectivity index (χ2n) is 5.53. The number of benzene rings is 1. The Kier molecular flexibility index (Phi) is 5.87. The van der Waals surface area contributed by atoms with Crippen molar-refractivity contribution < 1.29 is 22.3 Å². The number of hydrogen-bond donors (Lipinski definition) is 2. The van der Waals surface area contributed by atoms with Crippen molar-refractivity contribution in [1.82, 2.24) is 15.0 Å².